The molecule has 2 unspecified atom stereocenters. The molecule has 0 aromatic rings. The highest BCUT2D eigenvalue weighted by atomic mass is 32.2. The van der Waals surface area contributed by atoms with Crippen LogP contribution >= 0.6 is 23.5 Å². The molecular weight excluding hydrogens is 512 g/mol. The molecule has 2 heterocycles. The number of rotatable bonds is 12. The summed E-state index contributed by atoms with van der Waals surface area (Å²) in [7, 11) is 3.02. The van der Waals surface area contributed by atoms with Gasteiger partial charge < -0.3 is 10.6 Å². The van der Waals surface area contributed by atoms with E-state index in [0.717, 1.165) is 33.3 Å². The van der Waals surface area contributed by atoms with Gasteiger partial charge in [0, 0.05) is 39.8 Å². The summed E-state index contributed by atoms with van der Waals surface area (Å²) in [4.78, 5) is 93.6. The lowest BCUT2D eigenvalue weighted by Gasteiger charge is -2.13. The number of amides is 6. The minimum absolute atomic E-state index is 0.0670. The first kappa shape index (κ1) is 31.3. The number of ketones is 2. The average Bonchev–Trinajstić information content (AvgIpc) is 3.29. The average molecular weight is 545 g/mol. The third kappa shape index (κ3) is 9.37. The Bertz CT molecular complexity index is 838. The van der Waals surface area contributed by atoms with E-state index in [9.17, 15) is 38.4 Å². The predicted molar refractivity (Wildman–Crippen MR) is 134 cm³/mol. The third-order valence-corrected chi connectivity index (χ3v) is 7.65. The van der Waals surface area contributed by atoms with E-state index >= 15 is 0 Å². The monoisotopic (exact) mass is 544 g/mol. The molecule has 0 aromatic carbocycles. The summed E-state index contributed by atoms with van der Waals surface area (Å²) in [6, 6.07) is 0. The van der Waals surface area contributed by atoms with Crippen molar-refractivity contribution >= 4 is 70.5 Å². The lowest BCUT2D eigenvalue weighted by atomic mass is 10.3. The summed E-state index contributed by atoms with van der Waals surface area (Å²) >= 11 is 2.26. The molecule has 0 aliphatic carbocycles. The van der Waals surface area contributed by atoms with Gasteiger partial charge in [0.05, 0.1) is 35.1 Å². The summed E-state index contributed by atoms with van der Waals surface area (Å²) in [6.07, 6.45) is 0.731. The van der Waals surface area contributed by atoms with E-state index in [0.29, 0.717) is 12.8 Å². The molecule has 2 aliphatic heterocycles. The molecular formula is C22H32N4O8S2. The molecule has 0 radical (unpaired) electrons. The Morgan fingerprint density at radius 2 is 1.06 bits per heavy atom. The summed E-state index contributed by atoms with van der Waals surface area (Å²) in [5.74, 6) is -1.81. The third-order valence-electron chi connectivity index (χ3n) is 5.25. The summed E-state index contributed by atoms with van der Waals surface area (Å²) in [5.41, 5.74) is 0. The maximum atomic E-state index is 11.9. The van der Waals surface area contributed by atoms with Crippen molar-refractivity contribution in [2.45, 2.75) is 50.0 Å². The standard InChI is InChI=1S/2C11H16N2O4S/c2*1-3-7(14)5-13-10(16)4-8(11(13)17)18-6-9(15)12-2/h2*8H,3-6H2,1-2H3,(H,12,15). The Balaban J connectivity index is 0.000000360. The number of hydrogen-bond acceptors (Lipinski definition) is 10. The van der Waals surface area contributed by atoms with Crippen molar-refractivity contribution in [3.8, 4) is 0 Å². The zero-order chi connectivity index (χ0) is 27.4. The molecule has 36 heavy (non-hydrogen) atoms. The molecule has 14 heteroatoms. The molecule has 2 N–H and O–H groups in total. The molecule has 2 rings (SSSR count). The number of carbonyl (C=O) groups is 8. The van der Waals surface area contributed by atoms with Gasteiger partial charge in [-0.3, -0.25) is 48.2 Å². The van der Waals surface area contributed by atoms with Gasteiger partial charge in [0.1, 0.15) is 0 Å². The smallest absolute Gasteiger partial charge is 0.243 e. The fourth-order valence-corrected chi connectivity index (χ4v) is 5.03. The van der Waals surface area contributed by atoms with E-state index in [4.69, 9.17) is 0 Å². The molecule has 12 nitrogen and oxygen atoms in total. The van der Waals surface area contributed by atoms with Gasteiger partial charge >= 0.3 is 0 Å². The zero-order valence-electron chi connectivity index (χ0n) is 20.8. The largest absolute Gasteiger partial charge is 0.358 e. The number of nitrogens with zero attached hydrogens (tertiary/aromatic N) is 2. The first-order valence-electron chi connectivity index (χ1n) is 11.3. The van der Waals surface area contributed by atoms with Crippen LogP contribution in [0, 0.1) is 0 Å². The van der Waals surface area contributed by atoms with Crippen LogP contribution in [0.4, 0.5) is 0 Å². The van der Waals surface area contributed by atoms with Crippen LogP contribution in [-0.4, -0.2) is 106 Å². The number of hydrogen-bond donors (Lipinski definition) is 2. The van der Waals surface area contributed by atoms with E-state index < -0.39 is 10.5 Å². The van der Waals surface area contributed by atoms with Crippen LogP contribution in [0.25, 0.3) is 0 Å². The van der Waals surface area contributed by atoms with Gasteiger partial charge in [-0.25, -0.2) is 0 Å². The Labute approximate surface area is 218 Å². The second-order valence-electron chi connectivity index (χ2n) is 7.77. The lowest BCUT2D eigenvalue weighted by molar-refractivity contribution is -0.142. The van der Waals surface area contributed by atoms with E-state index in [1.807, 2.05) is 0 Å². The first-order valence-corrected chi connectivity index (χ1v) is 13.4. The van der Waals surface area contributed by atoms with E-state index in [1.54, 1.807) is 13.8 Å². The van der Waals surface area contributed by atoms with Gasteiger partial charge in [-0.2, -0.15) is 0 Å². The molecule has 2 fully saturated rings. The fourth-order valence-electron chi connectivity index (χ4n) is 2.97. The van der Waals surface area contributed by atoms with Gasteiger partial charge in [0.25, 0.3) is 0 Å². The van der Waals surface area contributed by atoms with Gasteiger partial charge in [-0.15, -0.1) is 23.5 Å². The number of likely N-dealkylation sites (tertiary alicyclic amines) is 2. The van der Waals surface area contributed by atoms with Crippen molar-refractivity contribution in [2.24, 2.45) is 0 Å². The molecule has 200 valence electrons. The molecule has 0 bridgehead atoms. The fraction of sp³-hybridized carbons (Fsp3) is 0.636. The van der Waals surface area contributed by atoms with Gasteiger partial charge in [0.2, 0.25) is 35.4 Å². The van der Waals surface area contributed by atoms with Gasteiger partial charge in [-0.05, 0) is 0 Å². The molecule has 0 spiro atoms. The summed E-state index contributed by atoms with van der Waals surface area (Å²) < 4.78 is 0. The van der Waals surface area contributed by atoms with Crippen LogP contribution < -0.4 is 10.6 Å². The highest BCUT2D eigenvalue weighted by Crippen LogP contribution is 2.26. The number of carbonyl (C=O) groups excluding carboxylic acids is 8. The lowest BCUT2D eigenvalue weighted by Crippen LogP contribution is -2.36. The number of thioether (sulfide) groups is 2. The Kier molecular flexibility index (Phi) is 13.4. The van der Waals surface area contributed by atoms with Gasteiger partial charge in [-0.1, -0.05) is 13.8 Å². The maximum absolute atomic E-state index is 11.9. The molecule has 2 aliphatic rings. The predicted octanol–water partition coefficient (Wildman–Crippen LogP) is -0.856. The Morgan fingerprint density at radius 3 is 1.33 bits per heavy atom. The van der Waals surface area contributed by atoms with Crippen molar-refractivity contribution < 1.29 is 38.4 Å². The number of Topliss-reactive ketones (excluding diaryl/α,β-unsaturated/α-hetero) is 2. The number of nitrogens with one attached hydrogen (secondary N) is 2. The molecule has 2 atom stereocenters. The second-order valence-corrected chi connectivity index (χ2v) is 10.2. The van der Waals surface area contributed by atoms with Crippen LogP contribution in [-0.2, 0) is 38.4 Å². The van der Waals surface area contributed by atoms with Crippen LogP contribution in [0.3, 0.4) is 0 Å². The van der Waals surface area contributed by atoms with Crippen molar-refractivity contribution in [3.63, 3.8) is 0 Å². The maximum Gasteiger partial charge on any atom is 0.243 e. The van der Waals surface area contributed by atoms with E-state index in [-0.39, 0.29) is 84.4 Å². The van der Waals surface area contributed by atoms with Crippen molar-refractivity contribution in [1.82, 2.24) is 20.4 Å². The SMILES string of the molecule is CCC(=O)CN1C(=O)CC(SCC(=O)NC)C1=O.CCC(=O)CN1C(=O)CC(SCC(=O)NC)C1=O. The first-order chi connectivity index (χ1) is 17.0. The van der Waals surface area contributed by atoms with Crippen molar-refractivity contribution in [2.75, 3.05) is 38.7 Å². The minimum atomic E-state index is -0.542. The van der Waals surface area contributed by atoms with Gasteiger partial charge in [0.15, 0.2) is 11.6 Å². The Hall–Kier alpha value is -2.74. The normalized spacial score (nSPS) is 19.2. The second kappa shape index (κ2) is 15.4. The number of imide groups is 2. The van der Waals surface area contributed by atoms with Crippen LogP contribution in [0.15, 0.2) is 0 Å². The quantitative estimate of drug-likeness (QED) is 0.295. The molecule has 0 saturated carbocycles. The van der Waals surface area contributed by atoms with E-state index in [1.165, 1.54) is 14.1 Å². The molecule has 6 amide bonds. The topological polar surface area (TPSA) is 167 Å². The zero-order valence-corrected chi connectivity index (χ0v) is 22.4. The van der Waals surface area contributed by atoms with Crippen LogP contribution in [0.2, 0.25) is 0 Å². The van der Waals surface area contributed by atoms with Crippen molar-refractivity contribution in [3.05, 3.63) is 0 Å². The summed E-state index contributed by atoms with van der Waals surface area (Å²) in [6.45, 7) is 3.08. The van der Waals surface area contributed by atoms with E-state index in [2.05, 4.69) is 10.6 Å². The highest BCUT2D eigenvalue weighted by molar-refractivity contribution is 8.01. The summed E-state index contributed by atoms with van der Waals surface area (Å²) in [5, 5.41) is 3.80. The Morgan fingerprint density at radius 1 is 0.722 bits per heavy atom. The van der Waals surface area contributed by atoms with Crippen molar-refractivity contribution in [1.29, 1.82) is 0 Å². The van der Waals surface area contributed by atoms with Crippen LogP contribution in [0.1, 0.15) is 39.5 Å². The minimum Gasteiger partial charge on any atom is -0.358 e. The highest BCUT2D eigenvalue weighted by Gasteiger charge is 2.40. The molecule has 2 saturated heterocycles. The molecule has 0 aromatic heterocycles. The van der Waals surface area contributed by atoms with Crippen LogP contribution in [0.5, 0.6) is 0 Å².